The second kappa shape index (κ2) is 14.6. The van der Waals surface area contributed by atoms with Gasteiger partial charge in [-0.05, 0) is 20.8 Å². The zero-order valence-corrected chi connectivity index (χ0v) is 21.0. The largest absolute Gasteiger partial charge is 0.464 e. The summed E-state index contributed by atoms with van der Waals surface area (Å²) in [6.07, 6.45) is 0. The van der Waals surface area contributed by atoms with Crippen molar-refractivity contribution >= 4 is 85.7 Å². The minimum absolute atomic E-state index is 0.205. The molecule has 0 aliphatic rings. The highest BCUT2D eigenvalue weighted by molar-refractivity contribution is 14.1. The van der Waals surface area contributed by atoms with Crippen LogP contribution in [0.5, 0.6) is 0 Å². The lowest BCUT2D eigenvalue weighted by molar-refractivity contribution is -0.143. The van der Waals surface area contributed by atoms with Crippen molar-refractivity contribution in [2.45, 2.75) is 32.5 Å². The third kappa shape index (κ3) is 13.4. The lowest BCUT2D eigenvalue weighted by atomic mass is 10.4. The molecule has 0 aliphatic heterocycles. The molecule has 10 heteroatoms. The van der Waals surface area contributed by atoms with E-state index in [1.807, 2.05) is 72.7 Å². The van der Waals surface area contributed by atoms with Gasteiger partial charge in [-0.25, -0.2) is 0 Å². The van der Waals surface area contributed by atoms with E-state index in [0.717, 1.165) is 0 Å². The van der Waals surface area contributed by atoms with Crippen molar-refractivity contribution in [3.63, 3.8) is 0 Å². The third-order valence-electron chi connectivity index (χ3n) is 2.93. The van der Waals surface area contributed by atoms with Gasteiger partial charge in [0.25, 0.3) is 0 Å². The zero-order valence-electron chi connectivity index (χ0n) is 14.5. The van der Waals surface area contributed by atoms with E-state index in [1.54, 1.807) is 20.8 Å². The van der Waals surface area contributed by atoms with Crippen LogP contribution in [0.1, 0.15) is 20.8 Å². The van der Waals surface area contributed by atoms with Crippen LogP contribution in [0.25, 0.3) is 0 Å². The van der Waals surface area contributed by atoms with Crippen molar-refractivity contribution in [1.29, 1.82) is 0 Å². The fourth-order valence-corrected chi connectivity index (χ4v) is 2.05. The molecular weight excluding hydrogens is 671 g/mol. The molecule has 0 radical (unpaired) electrons. The van der Waals surface area contributed by atoms with Crippen molar-refractivity contribution in [3.05, 3.63) is 0 Å². The monoisotopic (exact) mass is 695 g/mol. The Morgan fingerprint density at radius 3 is 1.12 bits per heavy atom. The number of nitrogens with zero attached hydrogens (tertiary/aromatic N) is 1. The van der Waals surface area contributed by atoms with Crippen LogP contribution < -0.4 is 0 Å². The van der Waals surface area contributed by atoms with Crippen LogP contribution in [0.4, 0.5) is 0 Å². The van der Waals surface area contributed by atoms with Gasteiger partial charge < -0.3 is 14.2 Å². The summed E-state index contributed by atoms with van der Waals surface area (Å²) in [6.45, 7) is 7.41. The van der Waals surface area contributed by atoms with Gasteiger partial charge in [0.15, 0.2) is 0 Å². The Hall–Kier alpha value is 0.560. The second-order valence-corrected chi connectivity index (χ2v) is 10.8. The van der Waals surface area contributed by atoms with Gasteiger partial charge in [0.2, 0.25) is 0 Å². The first-order chi connectivity index (χ1) is 11.6. The van der Waals surface area contributed by atoms with E-state index >= 15 is 0 Å². The lowest BCUT2D eigenvalue weighted by Crippen LogP contribution is -2.36. The van der Waals surface area contributed by atoms with Crippen LogP contribution in [0, 0.1) is 0 Å². The van der Waals surface area contributed by atoms with E-state index in [9.17, 15) is 14.4 Å². The number of carbonyl (C=O) groups is 3. The fraction of sp³-hybridized carbons (Fsp3) is 0.800. The maximum Gasteiger partial charge on any atom is 0.318 e. The van der Waals surface area contributed by atoms with Crippen LogP contribution in [0.15, 0.2) is 0 Å². The maximum atomic E-state index is 11.5. The highest BCUT2D eigenvalue weighted by Crippen LogP contribution is 2.04. The van der Waals surface area contributed by atoms with Gasteiger partial charge in [-0.15, -0.1) is 0 Å². The minimum Gasteiger partial charge on any atom is -0.464 e. The normalized spacial score (nSPS) is 14.5. The molecule has 0 heterocycles. The predicted molar refractivity (Wildman–Crippen MR) is 120 cm³/mol. The molecule has 0 aromatic heterocycles. The Labute approximate surface area is 189 Å². The van der Waals surface area contributed by atoms with Crippen molar-refractivity contribution < 1.29 is 28.6 Å². The third-order valence-corrected chi connectivity index (χ3v) is 4.46. The Bertz CT molecular complexity index is 370. The van der Waals surface area contributed by atoms with Crippen LogP contribution in [-0.4, -0.2) is 74.0 Å². The molecule has 0 bridgehead atoms. The van der Waals surface area contributed by atoms with Crippen LogP contribution in [0.3, 0.4) is 0 Å². The number of alkyl halides is 3. The Morgan fingerprint density at radius 1 is 0.680 bits per heavy atom. The topological polar surface area (TPSA) is 82.1 Å². The lowest BCUT2D eigenvalue weighted by Gasteiger charge is -2.22. The zero-order chi connectivity index (χ0) is 19.4. The van der Waals surface area contributed by atoms with E-state index in [-0.39, 0.29) is 49.5 Å². The summed E-state index contributed by atoms with van der Waals surface area (Å²) in [5, 5.41) is 0. The SMILES string of the molecule is CC(I)C(=O)OCCN(CCOC(=O)C(C)I)CCOC(=O)C(C)I. The van der Waals surface area contributed by atoms with Crippen LogP contribution in [-0.2, 0) is 28.6 Å². The smallest absolute Gasteiger partial charge is 0.318 e. The van der Waals surface area contributed by atoms with Crippen LogP contribution >= 0.6 is 67.8 Å². The average molecular weight is 695 g/mol. The summed E-state index contributed by atoms with van der Waals surface area (Å²) in [5.74, 6) is -0.803. The molecule has 0 saturated heterocycles. The van der Waals surface area contributed by atoms with E-state index in [1.165, 1.54) is 0 Å². The summed E-state index contributed by atoms with van der Waals surface area (Å²) in [7, 11) is 0. The molecule has 3 unspecified atom stereocenters. The first-order valence-corrected chi connectivity index (χ1v) is 11.5. The highest BCUT2D eigenvalue weighted by Gasteiger charge is 2.15. The molecule has 0 aliphatic carbocycles. The standard InChI is InChI=1S/C15H24I3NO6/c1-10(16)13(20)23-7-4-19(5-8-24-14(21)11(2)17)6-9-25-15(22)12(3)18/h10-12H,4-9H2,1-3H3. The van der Waals surface area contributed by atoms with E-state index in [4.69, 9.17) is 14.2 Å². The fourth-order valence-electron chi connectivity index (χ4n) is 1.51. The molecular formula is C15H24I3NO6. The van der Waals surface area contributed by atoms with Crippen molar-refractivity contribution in [1.82, 2.24) is 4.90 Å². The number of rotatable bonds is 12. The molecule has 0 aromatic rings. The predicted octanol–water partition coefficient (Wildman–Crippen LogP) is 2.39. The number of esters is 3. The maximum absolute atomic E-state index is 11.5. The van der Waals surface area contributed by atoms with Gasteiger partial charge in [0.1, 0.15) is 31.6 Å². The molecule has 0 N–H and O–H groups in total. The number of carbonyl (C=O) groups excluding carboxylic acids is 3. The van der Waals surface area contributed by atoms with Gasteiger partial charge in [-0.3, -0.25) is 19.3 Å². The van der Waals surface area contributed by atoms with E-state index < -0.39 is 0 Å². The number of ether oxygens (including phenoxy) is 3. The molecule has 0 fully saturated rings. The van der Waals surface area contributed by atoms with Gasteiger partial charge in [-0.2, -0.15) is 0 Å². The summed E-state index contributed by atoms with van der Waals surface area (Å²) in [4.78, 5) is 36.4. The van der Waals surface area contributed by atoms with Crippen molar-refractivity contribution in [3.8, 4) is 0 Å². The molecule has 0 aromatic carbocycles. The first-order valence-electron chi connectivity index (χ1n) is 7.79. The Balaban J connectivity index is 4.31. The Morgan fingerprint density at radius 2 is 0.920 bits per heavy atom. The second-order valence-electron chi connectivity index (χ2n) is 5.19. The minimum atomic E-state index is -0.268. The molecule has 3 atom stereocenters. The van der Waals surface area contributed by atoms with Gasteiger partial charge in [0, 0.05) is 19.6 Å². The van der Waals surface area contributed by atoms with Crippen molar-refractivity contribution in [2.24, 2.45) is 0 Å². The van der Waals surface area contributed by atoms with Gasteiger partial charge in [0.05, 0.1) is 0 Å². The summed E-state index contributed by atoms with van der Waals surface area (Å²) in [6, 6.07) is 0. The average Bonchev–Trinajstić information content (AvgIpc) is 2.53. The molecule has 25 heavy (non-hydrogen) atoms. The van der Waals surface area contributed by atoms with Crippen LogP contribution in [0.2, 0.25) is 0 Å². The Kier molecular flexibility index (Phi) is 14.9. The van der Waals surface area contributed by atoms with E-state index in [0.29, 0.717) is 19.6 Å². The quantitative estimate of drug-likeness (QED) is 0.134. The number of hydrogen-bond donors (Lipinski definition) is 0. The summed E-state index contributed by atoms with van der Waals surface area (Å²) >= 11 is 5.98. The van der Waals surface area contributed by atoms with Gasteiger partial charge in [-0.1, -0.05) is 67.8 Å². The molecule has 0 rings (SSSR count). The number of hydrogen-bond acceptors (Lipinski definition) is 7. The molecule has 0 saturated carbocycles. The highest BCUT2D eigenvalue weighted by atomic mass is 127. The first kappa shape index (κ1) is 25.6. The summed E-state index contributed by atoms with van der Waals surface area (Å²) < 4.78 is 14.9. The molecule has 0 amide bonds. The molecule has 7 nitrogen and oxygen atoms in total. The van der Waals surface area contributed by atoms with E-state index in [2.05, 4.69) is 0 Å². The molecule has 0 spiro atoms. The summed E-state index contributed by atoms with van der Waals surface area (Å²) in [5.41, 5.74) is 0. The van der Waals surface area contributed by atoms with Crippen molar-refractivity contribution in [2.75, 3.05) is 39.5 Å². The number of halogens is 3. The molecule has 146 valence electrons. The van der Waals surface area contributed by atoms with Gasteiger partial charge >= 0.3 is 17.9 Å².